The fraction of sp³-hybridized carbons (Fsp3) is 0.400. The van der Waals surface area contributed by atoms with Gasteiger partial charge in [-0.3, -0.25) is 4.79 Å². The summed E-state index contributed by atoms with van der Waals surface area (Å²) in [6.07, 6.45) is 0. The Balaban J connectivity index is 2.25. The van der Waals surface area contributed by atoms with Gasteiger partial charge in [-0.25, -0.2) is 4.79 Å². The quantitative estimate of drug-likeness (QED) is 0.700. The monoisotopic (exact) mass is 391 g/mol. The number of thiophene rings is 1. The molecule has 0 aliphatic carbocycles. The Hall–Kier alpha value is -2.54. The predicted molar refractivity (Wildman–Crippen MR) is 105 cm³/mol. The summed E-state index contributed by atoms with van der Waals surface area (Å²) in [5, 5.41) is 8.79. The second-order valence-corrected chi connectivity index (χ2v) is 7.69. The number of carbonyl (C=O) groups excluding carboxylic acids is 1. The van der Waals surface area contributed by atoms with Crippen LogP contribution < -0.4 is 9.47 Å². The highest BCUT2D eigenvalue weighted by Crippen LogP contribution is 2.30. The normalized spacial score (nSPS) is 10.7. The molecule has 0 atom stereocenters. The third-order valence-electron chi connectivity index (χ3n) is 3.85. The maximum absolute atomic E-state index is 13.1. The lowest BCUT2D eigenvalue weighted by molar-refractivity contribution is -0.139. The molecule has 0 spiro atoms. The molecular formula is C20H25NO5S. The van der Waals surface area contributed by atoms with Crippen LogP contribution in [-0.4, -0.2) is 41.1 Å². The van der Waals surface area contributed by atoms with Gasteiger partial charge in [0.25, 0.3) is 5.91 Å². The molecule has 146 valence electrons. The molecule has 1 aromatic carbocycles. The van der Waals surface area contributed by atoms with Crippen LogP contribution in [0.5, 0.6) is 11.5 Å². The third-order valence-corrected chi connectivity index (χ3v) is 4.83. The van der Waals surface area contributed by atoms with Gasteiger partial charge in [0, 0.05) is 21.4 Å². The lowest BCUT2D eigenvalue weighted by atomic mass is 10.1. The van der Waals surface area contributed by atoms with E-state index < -0.39 is 12.6 Å². The Kier molecular flexibility index (Phi) is 7.24. The van der Waals surface area contributed by atoms with Crippen molar-refractivity contribution in [2.75, 3.05) is 13.2 Å². The van der Waals surface area contributed by atoms with E-state index in [1.54, 1.807) is 34.4 Å². The zero-order chi connectivity index (χ0) is 20.0. The maximum atomic E-state index is 13.1. The van der Waals surface area contributed by atoms with E-state index in [1.807, 2.05) is 39.8 Å². The number of benzene rings is 1. The van der Waals surface area contributed by atoms with Crippen LogP contribution >= 0.6 is 11.3 Å². The van der Waals surface area contributed by atoms with Gasteiger partial charge in [-0.1, -0.05) is 0 Å². The summed E-state index contributed by atoms with van der Waals surface area (Å²) < 4.78 is 10.8. The number of ether oxygens (including phenoxy) is 2. The molecule has 0 fully saturated rings. The van der Waals surface area contributed by atoms with E-state index in [1.165, 1.54) is 4.88 Å². The van der Waals surface area contributed by atoms with E-state index in [-0.39, 0.29) is 11.9 Å². The molecule has 6 nitrogen and oxygen atoms in total. The Labute approximate surface area is 163 Å². The first-order valence-corrected chi connectivity index (χ1v) is 9.61. The van der Waals surface area contributed by atoms with Gasteiger partial charge >= 0.3 is 5.97 Å². The molecule has 0 unspecified atom stereocenters. The standard InChI is InChI=1S/C20H25NO5S/c1-5-25-18-10-15(7-9-17(18)26-12-19(22)23)20(24)21(13(2)3)11-16-8-6-14(4)27-16/h6-10,13H,5,11-12H2,1-4H3,(H,22,23). The van der Waals surface area contributed by atoms with E-state index in [2.05, 4.69) is 0 Å². The molecule has 2 rings (SSSR count). The number of aryl methyl sites for hydroxylation is 1. The summed E-state index contributed by atoms with van der Waals surface area (Å²) in [7, 11) is 0. The van der Waals surface area contributed by atoms with E-state index in [9.17, 15) is 9.59 Å². The fourth-order valence-electron chi connectivity index (χ4n) is 2.56. The van der Waals surface area contributed by atoms with Crippen LogP contribution in [0.3, 0.4) is 0 Å². The molecule has 0 radical (unpaired) electrons. The van der Waals surface area contributed by atoms with Crippen molar-refractivity contribution in [2.24, 2.45) is 0 Å². The predicted octanol–water partition coefficient (Wildman–Crippen LogP) is 3.97. The molecule has 0 aliphatic rings. The number of amides is 1. The molecule has 0 saturated carbocycles. The molecule has 1 heterocycles. The topological polar surface area (TPSA) is 76.1 Å². The molecule has 0 aliphatic heterocycles. The average Bonchev–Trinajstić information content (AvgIpc) is 3.03. The molecule has 0 saturated heterocycles. The van der Waals surface area contributed by atoms with Gasteiger partial charge in [0.1, 0.15) is 0 Å². The second kappa shape index (κ2) is 9.41. The van der Waals surface area contributed by atoms with Crippen LogP contribution in [0.4, 0.5) is 0 Å². The minimum absolute atomic E-state index is 0.0263. The van der Waals surface area contributed by atoms with Crippen molar-refractivity contribution in [3.8, 4) is 11.5 Å². The molecule has 7 heteroatoms. The Bertz CT molecular complexity index is 799. The fourth-order valence-corrected chi connectivity index (χ4v) is 3.45. The van der Waals surface area contributed by atoms with Crippen LogP contribution in [0, 0.1) is 6.92 Å². The van der Waals surface area contributed by atoms with Crippen molar-refractivity contribution in [1.29, 1.82) is 0 Å². The van der Waals surface area contributed by atoms with Gasteiger partial charge in [0.05, 0.1) is 13.2 Å². The van der Waals surface area contributed by atoms with Gasteiger partial charge in [-0.05, 0) is 58.0 Å². The molecule has 1 amide bonds. The van der Waals surface area contributed by atoms with Crippen LogP contribution in [-0.2, 0) is 11.3 Å². The number of carboxylic acid groups (broad SMARTS) is 1. The first-order chi connectivity index (χ1) is 12.8. The zero-order valence-corrected chi connectivity index (χ0v) is 16.8. The van der Waals surface area contributed by atoms with Gasteiger partial charge in [-0.2, -0.15) is 0 Å². The molecule has 2 aromatic rings. The highest BCUT2D eigenvalue weighted by atomic mass is 32.1. The summed E-state index contributed by atoms with van der Waals surface area (Å²) in [5.74, 6) is -0.516. The Morgan fingerprint density at radius 3 is 2.44 bits per heavy atom. The lowest BCUT2D eigenvalue weighted by Gasteiger charge is -2.26. The van der Waals surface area contributed by atoms with Crippen LogP contribution in [0.1, 0.15) is 40.9 Å². The summed E-state index contributed by atoms with van der Waals surface area (Å²) in [5.41, 5.74) is 0.475. The number of aliphatic carboxylic acids is 1. The number of hydrogen-bond acceptors (Lipinski definition) is 5. The zero-order valence-electron chi connectivity index (χ0n) is 16.0. The van der Waals surface area contributed by atoms with Crippen molar-refractivity contribution in [3.63, 3.8) is 0 Å². The van der Waals surface area contributed by atoms with Crippen molar-refractivity contribution in [2.45, 2.75) is 40.3 Å². The number of carboxylic acids is 1. The Morgan fingerprint density at radius 1 is 1.15 bits per heavy atom. The van der Waals surface area contributed by atoms with Crippen molar-refractivity contribution in [1.82, 2.24) is 4.90 Å². The van der Waals surface area contributed by atoms with Gasteiger partial charge in [0.2, 0.25) is 0 Å². The minimum Gasteiger partial charge on any atom is -0.490 e. The highest BCUT2D eigenvalue weighted by Gasteiger charge is 2.21. The maximum Gasteiger partial charge on any atom is 0.341 e. The van der Waals surface area contributed by atoms with Crippen LogP contribution in [0.2, 0.25) is 0 Å². The summed E-state index contributed by atoms with van der Waals surface area (Å²) in [6, 6.07) is 8.94. The van der Waals surface area contributed by atoms with E-state index >= 15 is 0 Å². The number of rotatable bonds is 9. The van der Waals surface area contributed by atoms with E-state index in [4.69, 9.17) is 14.6 Å². The molecule has 27 heavy (non-hydrogen) atoms. The van der Waals surface area contributed by atoms with E-state index in [0.717, 1.165) is 4.88 Å². The molecule has 0 bridgehead atoms. The number of carbonyl (C=O) groups is 2. The minimum atomic E-state index is -1.07. The molecule has 1 aromatic heterocycles. The van der Waals surface area contributed by atoms with Crippen molar-refractivity contribution < 1.29 is 24.2 Å². The number of nitrogens with zero attached hydrogens (tertiary/aromatic N) is 1. The van der Waals surface area contributed by atoms with Gasteiger partial charge in [-0.15, -0.1) is 11.3 Å². The van der Waals surface area contributed by atoms with Gasteiger partial charge in [0.15, 0.2) is 18.1 Å². The third kappa shape index (κ3) is 5.72. The summed E-state index contributed by atoms with van der Waals surface area (Å²) in [6.45, 7) is 8.26. The smallest absolute Gasteiger partial charge is 0.341 e. The molecule has 1 N–H and O–H groups in total. The first-order valence-electron chi connectivity index (χ1n) is 8.79. The average molecular weight is 391 g/mol. The van der Waals surface area contributed by atoms with Crippen molar-refractivity contribution >= 4 is 23.2 Å². The van der Waals surface area contributed by atoms with Crippen molar-refractivity contribution in [3.05, 3.63) is 45.6 Å². The summed E-state index contributed by atoms with van der Waals surface area (Å²) in [4.78, 5) is 27.9. The van der Waals surface area contributed by atoms with Gasteiger partial charge < -0.3 is 19.5 Å². The molecular weight excluding hydrogens is 366 g/mol. The largest absolute Gasteiger partial charge is 0.490 e. The second-order valence-electron chi connectivity index (χ2n) is 6.32. The Morgan fingerprint density at radius 2 is 1.89 bits per heavy atom. The SMILES string of the molecule is CCOc1cc(C(=O)N(Cc2ccc(C)s2)C(C)C)ccc1OCC(=O)O. The first kappa shape index (κ1) is 20.8. The van der Waals surface area contributed by atoms with Crippen LogP contribution in [0.25, 0.3) is 0 Å². The number of hydrogen-bond donors (Lipinski definition) is 1. The van der Waals surface area contributed by atoms with E-state index in [0.29, 0.717) is 30.2 Å². The lowest BCUT2D eigenvalue weighted by Crippen LogP contribution is -2.36. The highest BCUT2D eigenvalue weighted by molar-refractivity contribution is 7.11. The summed E-state index contributed by atoms with van der Waals surface area (Å²) >= 11 is 1.67. The van der Waals surface area contributed by atoms with Crippen LogP contribution in [0.15, 0.2) is 30.3 Å².